The van der Waals surface area contributed by atoms with Gasteiger partial charge in [0, 0.05) is 16.0 Å². The number of carbonyl (C=O) groups excluding carboxylic acids is 4. The third-order valence-corrected chi connectivity index (χ3v) is 11.6. The molecule has 4 aromatic carbocycles. The Balaban J connectivity index is 1.31. The number of aromatic hydroxyl groups is 1. The first-order chi connectivity index (χ1) is 24.1. The van der Waals surface area contributed by atoms with Crippen molar-refractivity contribution in [2.24, 2.45) is 23.7 Å². The van der Waals surface area contributed by atoms with Crippen LogP contribution < -0.4 is 10.3 Å². The molecule has 250 valence electrons. The molecule has 2 aliphatic carbocycles. The topological polar surface area (TPSA) is 107 Å². The standard InChI is InChI=1S/C41H34BrN3O5/c1-3-24-11-16-28(17-12-24)44-37(47)30-19-18-29-31(35(30)39(44)49)22-33-38(48)45(43-27-14-9-23(2)10-15-27)40(50)41(33,25-7-5-4-6-8-25)36(29)32-21-26(42)13-20-34(32)46/h3-18,20-21,30-31,33,35-36,43,46H,1,19,22H2,2H3/t30-,31+,33-,35-,36+,41+/m0/s1. The maximum absolute atomic E-state index is 15.2. The van der Waals surface area contributed by atoms with Crippen molar-refractivity contribution in [2.45, 2.75) is 31.1 Å². The number of carbonyl (C=O) groups is 4. The lowest BCUT2D eigenvalue weighted by molar-refractivity contribution is -0.138. The molecule has 8 nitrogen and oxygen atoms in total. The first kappa shape index (κ1) is 32.0. The number of nitrogens with zero attached hydrogens (tertiary/aromatic N) is 2. The van der Waals surface area contributed by atoms with E-state index in [1.807, 2.05) is 79.7 Å². The number of rotatable bonds is 6. The summed E-state index contributed by atoms with van der Waals surface area (Å²) in [6.45, 7) is 5.76. The summed E-state index contributed by atoms with van der Waals surface area (Å²) in [6.07, 6.45) is 4.15. The average molecular weight is 729 g/mol. The van der Waals surface area contributed by atoms with Gasteiger partial charge in [-0.05, 0) is 79.3 Å². The molecular formula is C41H34BrN3O5. The summed E-state index contributed by atoms with van der Waals surface area (Å²) in [5.74, 6) is -5.13. The Kier molecular flexibility index (Phi) is 7.64. The maximum atomic E-state index is 15.2. The predicted molar refractivity (Wildman–Crippen MR) is 194 cm³/mol. The van der Waals surface area contributed by atoms with Gasteiger partial charge in [-0.2, -0.15) is 5.01 Å². The Morgan fingerprint density at radius 1 is 0.880 bits per heavy atom. The molecule has 6 atom stereocenters. The van der Waals surface area contributed by atoms with Crippen LogP contribution in [0.25, 0.3) is 6.08 Å². The summed E-state index contributed by atoms with van der Waals surface area (Å²) in [5, 5.41) is 12.7. The van der Waals surface area contributed by atoms with Gasteiger partial charge in [-0.3, -0.25) is 29.5 Å². The first-order valence-corrected chi connectivity index (χ1v) is 17.5. The molecule has 0 aromatic heterocycles. The van der Waals surface area contributed by atoms with Crippen molar-refractivity contribution in [1.82, 2.24) is 5.01 Å². The molecule has 4 aliphatic rings. The van der Waals surface area contributed by atoms with E-state index in [1.54, 1.807) is 36.4 Å². The van der Waals surface area contributed by atoms with Gasteiger partial charge in [0.2, 0.25) is 11.8 Å². The second kappa shape index (κ2) is 11.9. The van der Waals surface area contributed by atoms with Crippen molar-refractivity contribution < 1.29 is 24.3 Å². The Bertz CT molecular complexity index is 2110. The molecule has 9 heteroatoms. The van der Waals surface area contributed by atoms with Gasteiger partial charge in [0.1, 0.15) is 5.75 Å². The monoisotopic (exact) mass is 727 g/mol. The molecule has 2 saturated heterocycles. The highest BCUT2D eigenvalue weighted by Crippen LogP contribution is 2.65. The molecule has 0 unspecified atom stereocenters. The molecule has 0 bridgehead atoms. The van der Waals surface area contributed by atoms with Gasteiger partial charge in [0.25, 0.3) is 11.8 Å². The van der Waals surface area contributed by atoms with Gasteiger partial charge in [-0.25, -0.2) is 0 Å². The van der Waals surface area contributed by atoms with Crippen molar-refractivity contribution in [1.29, 1.82) is 0 Å². The van der Waals surface area contributed by atoms with E-state index in [2.05, 4.69) is 27.9 Å². The molecule has 4 aromatic rings. The lowest BCUT2D eigenvalue weighted by atomic mass is 9.49. The van der Waals surface area contributed by atoms with Crippen molar-refractivity contribution in [2.75, 3.05) is 10.3 Å². The Hall–Kier alpha value is -5.28. The summed E-state index contributed by atoms with van der Waals surface area (Å²) < 4.78 is 0.689. The van der Waals surface area contributed by atoms with Gasteiger partial charge in [-0.1, -0.05) is 100 Å². The van der Waals surface area contributed by atoms with E-state index in [4.69, 9.17) is 0 Å². The normalized spacial score (nSPS) is 27.1. The quantitative estimate of drug-likeness (QED) is 0.160. The number of anilines is 2. The fourth-order valence-electron chi connectivity index (χ4n) is 8.86. The van der Waals surface area contributed by atoms with E-state index in [0.29, 0.717) is 27.0 Å². The second-order valence-electron chi connectivity index (χ2n) is 13.6. The maximum Gasteiger partial charge on any atom is 0.260 e. The molecule has 0 spiro atoms. The number of fused-ring (bicyclic) bond motifs is 4. The highest BCUT2D eigenvalue weighted by molar-refractivity contribution is 9.10. The third kappa shape index (κ3) is 4.63. The van der Waals surface area contributed by atoms with Crippen molar-refractivity contribution in [3.05, 3.63) is 142 Å². The number of allylic oxidation sites excluding steroid dienone is 2. The van der Waals surface area contributed by atoms with Gasteiger partial charge in [0.15, 0.2) is 0 Å². The van der Waals surface area contributed by atoms with Crippen LogP contribution in [0, 0.1) is 30.6 Å². The number of halogens is 1. The first-order valence-electron chi connectivity index (χ1n) is 16.7. The number of phenols is 1. The van der Waals surface area contributed by atoms with Crippen molar-refractivity contribution in [3.8, 4) is 5.75 Å². The zero-order chi connectivity index (χ0) is 34.9. The number of benzene rings is 4. The molecule has 2 aliphatic heterocycles. The molecule has 2 heterocycles. The third-order valence-electron chi connectivity index (χ3n) is 11.1. The SMILES string of the molecule is C=Cc1ccc(N2C(=O)[C@H]3[C@H](CC=C4[C@H]3C[C@H]3C(=O)N(Nc5ccc(C)cc5)C(=O)[C@@]3(c3ccccc3)[C@H]4c3cc(Br)ccc3O)C2=O)cc1. The minimum atomic E-state index is -1.46. The molecule has 3 fully saturated rings. The number of imide groups is 2. The number of hydrazine groups is 1. The fraction of sp³-hybridized carbons (Fsp3) is 0.220. The molecular weight excluding hydrogens is 694 g/mol. The second-order valence-corrected chi connectivity index (χ2v) is 14.5. The molecule has 2 N–H and O–H groups in total. The lowest BCUT2D eigenvalue weighted by Gasteiger charge is -2.50. The van der Waals surface area contributed by atoms with Crippen LogP contribution in [0.4, 0.5) is 11.4 Å². The Morgan fingerprint density at radius 2 is 1.60 bits per heavy atom. The van der Waals surface area contributed by atoms with Crippen LogP contribution >= 0.6 is 15.9 Å². The molecule has 8 rings (SSSR count). The van der Waals surface area contributed by atoms with Crippen LogP contribution in [0.5, 0.6) is 5.75 Å². The van der Waals surface area contributed by atoms with Crippen molar-refractivity contribution in [3.63, 3.8) is 0 Å². The minimum Gasteiger partial charge on any atom is -0.508 e. The van der Waals surface area contributed by atoms with Gasteiger partial charge in [0.05, 0.1) is 34.5 Å². The zero-order valence-electron chi connectivity index (χ0n) is 27.3. The zero-order valence-corrected chi connectivity index (χ0v) is 28.8. The van der Waals surface area contributed by atoms with E-state index in [1.165, 1.54) is 4.90 Å². The van der Waals surface area contributed by atoms with Crippen LogP contribution in [0.2, 0.25) is 0 Å². The Labute approximate surface area is 298 Å². The number of nitrogens with one attached hydrogen (secondary N) is 1. The largest absolute Gasteiger partial charge is 0.508 e. The minimum absolute atomic E-state index is 0.0288. The highest BCUT2D eigenvalue weighted by atomic mass is 79.9. The van der Waals surface area contributed by atoms with Crippen LogP contribution in [0.15, 0.2) is 120 Å². The summed E-state index contributed by atoms with van der Waals surface area (Å²) in [6, 6.07) is 28.9. The van der Waals surface area contributed by atoms with Crippen LogP contribution in [0.1, 0.15) is 41.0 Å². The molecule has 4 amide bonds. The smallest absolute Gasteiger partial charge is 0.260 e. The van der Waals surface area contributed by atoms with Gasteiger partial charge >= 0.3 is 0 Å². The average Bonchev–Trinajstić information content (AvgIpc) is 3.51. The predicted octanol–water partition coefficient (Wildman–Crippen LogP) is 7.30. The fourth-order valence-corrected chi connectivity index (χ4v) is 9.24. The van der Waals surface area contributed by atoms with Gasteiger partial charge in [-0.15, -0.1) is 0 Å². The van der Waals surface area contributed by atoms with Crippen LogP contribution in [-0.2, 0) is 24.6 Å². The highest BCUT2D eigenvalue weighted by Gasteiger charge is 2.70. The van der Waals surface area contributed by atoms with E-state index in [-0.39, 0.29) is 30.4 Å². The van der Waals surface area contributed by atoms with Crippen molar-refractivity contribution >= 4 is 57.0 Å². The van der Waals surface area contributed by atoms with E-state index < -0.39 is 46.8 Å². The van der Waals surface area contributed by atoms with E-state index in [0.717, 1.165) is 21.7 Å². The van der Waals surface area contributed by atoms with Crippen LogP contribution in [-0.4, -0.2) is 33.7 Å². The van der Waals surface area contributed by atoms with Gasteiger partial charge < -0.3 is 5.11 Å². The number of amides is 4. The molecule has 0 radical (unpaired) electrons. The Morgan fingerprint density at radius 3 is 2.30 bits per heavy atom. The van der Waals surface area contributed by atoms with Crippen LogP contribution in [0.3, 0.4) is 0 Å². The number of aryl methyl sites for hydroxylation is 1. The summed E-state index contributed by atoms with van der Waals surface area (Å²) >= 11 is 3.58. The summed E-state index contributed by atoms with van der Waals surface area (Å²) in [4.78, 5) is 59.7. The molecule has 1 saturated carbocycles. The molecule has 50 heavy (non-hydrogen) atoms. The number of hydrogen-bond donors (Lipinski definition) is 2. The summed E-state index contributed by atoms with van der Waals surface area (Å²) in [5.41, 5.74) is 6.48. The number of hydrogen-bond acceptors (Lipinski definition) is 6. The lowest BCUT2D eigenvalue weighted by Crippen LogP contribution is -2.53. The summed E-state index contributed by atoms with van der Waals surface area (Å²) in [7, 11) is 0. The van der Waals surface area contributed by atoms with E-state index in [9.17, 15) is 19.5 Å². The number of phenolic OH excluding ortho intramolecular Hbond substituents is 1. The van der Waals surface area contributed by atoms with E-state index >= 15 is 4.79 Å².